The highest BCUT2D eigenvalue weighted by Crippen LogP contribution is 2.72. The molecule has 0 aromatic rings. The summed E-state index contributed by atoms with van der Waals surface area (Å²) in [4.78, 5) is 0. The number of hydrogen-bond acceptors (Lipinski definition) is 0. The third kappa shape index (κ3) is 0.932. The van der Waals surface area contributed by atoms with Gasteiger partial charge in [-0.05, 0) is 5.31 Å². The lowest BCUT2D eigenvalue weighted by Gasteiger charge is -2.21. The van der Waals surface area contributed by atoms with Gasteiger partial charge in [-0.2, -0.15) is 0 Å². The summed E-state index contributed by atoms with van der Waals surface area (Å²) >= 11 is 17.9. The van der Waals surface area contributed by atoms with E-state index in [1.807, 2.05) is 12.5 Å². The van der Waals surface area contributed by atoms with Crippen LogP contribution in [0.4, 0.5) is 0 Å². The number of allylic oxidation sites excluding steroid dienone is 2. The van der Waals surface area contributed by atoms with Crippen molar-refractivity contribution >= 4 is 43.4 Å². The predicted molar refractivity (Wildman–Crippen MR) is 48.6 cm³/mol. The highest BCUT2D eigenvalue weighted by atomic mass is 35.5. The van der Waals surface area contributed by atoms with Crippen LogP contribution in [0.3, 0.4) is 0 Å². The van der Waals surface area contributed by atoms with Crippen LogP contribution in [0.5, 0.6) is 0 Å². The molecule has 0 N–H and O–H groups in total. The van der Waals surface area contributed by atoms with Crippen molar-refractivity contribution in [2.75, 3.05) is 0 Å². The second-order valence-electron chi connectivity index (χ2n) is 2.46. The summed E-state index contributed by atoms with van der Waals surface area (Å²) in [6.45, 7) is 0. The molecule has 2 aliphatic rings. The predicted octanol–water partition coefficient (Wildman–Crippen LogP) is 2.93. The van der Waals surface area contributed by atoms with Crippen molar-refractivity contribution in [2.45, 2.75) is 15.4 Å². The molecule has 1 saturated heterocycles. The molecule has 0 bridgehead atoms. The van der Waals surface area contributed by atoms with Crippen molar-refractivity contribution in [3.8, 4) is 0 Å². The van der Waals surface area contributed by atoms with E-state index in [1.54, 1.807) is 0 Å². The van der Waals surface area contributed by atoms with E-state index in [9.17, 15) is 0 Å². The van der Waals surface area contributed by atoms with Crippen LogP contribution in [0.1, 0.15) is 0 Å². The molecular weight excluding hydrogens is 209 g/mol. The van der Waals surface area contributed by atoms with Crippen LogP contribution in [0.15, 0.2) is 11.4 Å². The van der Waals surface area contributed by atoms with Gasteiger partial charge in [0.1, 0.15) is 4.62 Å². The Morgan fingerprint density at radius 2 is 2.20 bits per heavy atom. The number of hydrogen-bond donors (Lipinski definition) is 0. The molecule has 1 aliphatic carbocycles. The average molecular weight is 214 g/mol. The Morgan fingerprint density at radius 3 is 2.80 bits per heavy atom. The van der Waals surface area contributed by atoms with Crippen LogP contribution < -0.4 is 0 Å². The number of rotatable bonds is 0. The highest BCUT2D eigenvalue weighted by molar-refractivity contribution is 7.59. The lowest BCUT2D eigenvalue weighted by molar-refractivity contribution is 0.830. The van der Waals surface area contributed by atoms with Crippen LogP contribution in [0.25, 0.3) is 0 Å². The molecule has 1 radical (unpaired) electrons. The minimum absolute atomic E-state index is 0.0992. The molecule has 1 heterocycles. The zero-order chi connectivity index (χ0) is 7.35. The monoisotopic (exact) mass is 213 g/mol. The number of fused-ring (bicyclic) bond motifs is 1. The largest absolute Gasteiger partial charge is 0.121 e. The van der Waals surface area contributed by atoms with E-state index in [1.165, 1.54) is 5.31 Å². The fourth-order valence-electron chi connectivity index (χ4n) is 1.05. The van der Waals surface area contributed by atoms with E-state index < -0.39 is 0 Å². The van der Waals surface area contributed by atoms with Crippen LogP contribution in [0.2, 0.25) is 0 Å². The fourth-order valence-corrected chi connectivity index (χ4v) is 3.51. The van der Waals surface area contributed by atoms with Gasteiger partial charge in [-0.3, -0.25) is 0 Å². The van der Waals surface area contributed by atoms with E-state index in [4.69, 9.17) is 34.8 Å². The first-order valence-electron chi connectivity index (χ1n) is 2.95. The number of alkyl halides is 3. The standard InChI is InChI=1S/C6H5Cl3P/c7-3-1-2-4-6(9,10-4)5(3)8/h1-3,5,10H. The molecule has 10 heavy (non-hydrogen) atoms. The van der Waals surface area contributed by atoms with Crippen molar-refractivity contribution in [3.63, 3.8) is 0 Å². The Balaban J connectivity index is 2.28. The first kappa shape index (κ1) is 7.68. The fraction of sp³-hybridized carbons (Fsp3) is 0.500. The Hall–Kier alpha value is 1.04. The molecule has 1 aliphatic heterocycles. The molecule has 0 nitrogen and oxygen atoms in total. The number of halogens is 3. The van der Waals surface area contributed by atoms with Gasteiger partial charge >= 0.3 is 0 Å². The maximum atomic E-state index is 6.10. The van der Waals surface area contributed by atoms with Gasteiger partial charge in [0.05, 0.1) is 10.8 Å². The Kier molecular flexibility index (Phi) is 1.74. The van der Waals surface area contributed by atoms with Gasteiger partial charge in [0.25, 0.3) is 0 Å². The van der Waals surface area contributed by atoms with Crippen molar-refractivity contribution in [1.82, 2.24) is 0 Å². The minimum Gasteiger partial charge on any atom is -0.121 e. The summed E-state index contributed by atoms with van der Waals surface area (Å²) in [5, 5.41) is 1.04. The summed E-state index contributed by atoms with van der Waals surface area (Å²) < 4.78 is -0.261. The molecule has 1 fully saturated rings. The molecule has 4 unspecified atom stereocenters. The van der Waals surface area contributed by atoms with Gasteiger partial charge in [-0.25, -0.2) is 0 Å². The van der Waals surface area contributed by atoms with Crippen LogP contribution >= 0.6 is 43.4 Å². The molecule has 0 amide bonds. The summed E-state index contributed by atoms with van der Waals surface area (Å²) in [6, 6.07) is 0. The van der Waals surface area contributed by atoms with E-state index in [2.05, 4.69) is 0 Å². The molecule has 0 aromatic carbocycles. The van der Waals surface area contributed by atoms with Gasteiger partial charge in [-0.1, -0.05) is 14.7 Å². The van der Waals surface area contributed by atoms with Crippen LogP contribution in [-0.2, 0) is 0 Å². The van der Waals surface area contributed by atoms with Gasteiger partial charge in [0.2, 0.25) is 0 Å². The zero-order valence-corrected chi connectivity index (χ0v) is 8.21. The smallest absolute Gasteiger partial charge is 0.107 e. The molecule has 55 valence electrons. The normalized spacial score (nSPS) is 54.1. The Labute approximate surface area is 76.7 Å². The molecular formula is C6H5Cl3P. The minimum atomic E-state index is -0.261. The highest BCUT2D eigenvalue weighted by Gasteiger charge is 2.57. The summed E-state index contributed by atoms with van der Waals surface area (Å²) in [5.41, 5.74) is 0. The molecule has 4 atom stereocenters. The second-order valence-corrected chi connectivity index (χ2v) is 5.92. The third-order valence-electron chi connectivity index (χ3n) is 1.75. The van der Waals surface area contributed by atoms with Gasteiger partial charge < -0.3 is 0 Å². The van der Waals surface area contributed by atoms with Crippen molar-refractivity contribution in [1.29, 1.82) is 0 Å². The van der Waals surface area contributed by atoms with Gasteiger partial charge in [0, 0.05) is 6.42 Å². The quantitative estimate of drug-likeness (QED) is 0.430. The van der Waals surface area contributed by atoms with E-state index in [0.29, 0.717) is 8.58 Å². The molecule has 0 aromatic heterocycles. The summed E-state index contributed by atoms with van der Waals surface area (Å²) in [5.74, 6) is 0. The van der Waals surface area contributed by atoms with Crippen LogP contribution in [0, 0.1) is 6.42 Å². The molecule has 0 spiro atoms. The van der Waals surface area contributed by atoms with Gasteiger partial charge in [0.15, 0.2) is 0 Å². The average Bonchev–Trinajstić information content (AvgIpc) is 2.55. The lowest BCUT2D eigenvalue weighted by atomic mass is 10.1. The van der Waals surface area contributed by atoms with E-state index in [-0.39, 0.29) is 15.4 Å². The zero-order valence-electron chi connectivity index (χ0n) is 4.94. The first-order chi connectivity index (χ1) is 4.64. The topological polar surface area (TPSA) is 0 Å². The molecule has 2 rings (SSSR count). The molecule has 0 saturated carbocycles. The van der Waals surface area contributed by atoms with E-state index >= 15 is 0 Å². The van der Waals surface area contributed by atoms with Crippen LogP contribution in [-0.4, -0.2) is 15.4 Å². The lowest BCUT2D eigenvalue weighted by Crippen LogP contribution is -2.28. The van der Waals surface area contributed by atoms with E-state index in [0.717, 1.165) is 0 Å². The molecule has 4 heteroatoms. The maximum absolute atomic E-state index is 6.10. The SMILES string of the molecule is ClC1[CH]C=C2PC2(Cl)C1Cl. The first-order valence-corrected chi connectivity index (χ1v) is 5.20. The third-order valence-corrected chi connectivity index (χ3v) is 5.58. The summed E-state index contributed by atoms with van der Waals surface area (Å²) in [6.07, 6.45) is 3.91. The van der Waals surface area contributed by atoms with Gasteiger partial charge in [-0.15, -0.1) is 34.8 Å². The Bertz CT molecular complexity index is 203. The van der Waals surface area contributed by atoms with Crippen molar-refractivity contribution < 1.29 is 0 Å². The van der Waals surface area contributed by atoms with Crippen molar-refractivity contribution in [2.24, 2.45) is 0 Å². The second kappa shape index (κ2) is 2.26. The van der Waals surface area contributed by atoms with Crippen molar-refractivity contribution in [3.05, 3.63) is 17.8 Å². The Morgan fingerprint density at radius 1 is 1.50 bits per heavy atom. The summed E-state index contributed by atoms with van der Waals surface area (Å²) in [7, 11) is 0.676. The maximum Gasteiger partial charge on any atom is 0.107 e.